The number of rotatable bonds is 9. The molecule has 2 atom stereocenters. The second kappa shape index (κ2) is 12.1. The van der Waals surface area contributed by atoms with E-state index in [2.05, 4.69) is 21.7 Å². The summed E-state index contributed by atoms with van der Waals surface area (Å²) in [7, 11) is 3.09. The lowest BCUT2D eigenvalue weighted by Gasteiger charge is -2.29. The lowest BCUT2D eigenvalue weighted by Crippen LogP contribution is -2.29. The summed E-state index contributed by atoms with van der Waals surface area (Å²) >= 11 is 5.91. The Morgan fingerprint density at radius 1 is 1.09 bits per heavy atom. The third kappa shape index (κ3) is 5.48. The van der Waals surface area contributed by atoms with Crippen LogP contribution >= 0.6 is 12.2 Å². The van der Waals surface area contributed by atoms with Crippen LogP contribution in [0.2, 0.25) is 0 Å². The molecule has 2 N–H and O–H groups in total. The second-order valence-corrected chi connectivity index (χ2v) is 10.4. The van der Waals surface area contributed by atoms with Gasteiger partial charge in [-0.05, 0) is 68.0 Å². The van der Waals surface area contributed by atoms with Crippen molar-refractivity contribution in [2.45, 2.75) is 39.3 Å². The van der Waals surface area contributed by atoms with Crippen molar-refractivity contribution in [3.63, 3.8) is 0 Å². The summed E-state index contributed by atoms with van der Waals surface area (Å²) in [5, 5.41) is 18.5. The first-order chi connectivity index (χ1) is 20.7. The minimum Gasteiger partial charge on any atom is -0.495 e. The third-order valence-corrected chi connectivity index (χ3v) is 7.87. The summed E-state index contributed by atoms with van der Waals surface area (Å²) in [6, 6.07) is 17.2. The first kappa shape index (κ1) is 29.5. The Kier molecular flexibility index (Phi) is 8.31. The highest BCUT2D eigenvalue weighted by Crippen LogP contribution is 2.45. The van der Waals surface area contributed by atoms with Crippen molar-refractivity contribution in [3.8, 4) is 17.2 Å². The molecule has 12 heteroatoms. The number of benzene rings is 2. The predicted octanol–water partition coefficient (Wildman–Crippen LogP) is 5.94. The van der Waals surface area contributed by atoms with E-state index in [4.69, 9.17) is 21.7 Å². The highest BCUT2D eigenvalue weighted by molar-refractivity contribution is 7.80. The molecule has 4 aromatic rings. The van der Waals surface area contributed by atoms with Gasteiger partial charge in [0.2, 0.25) is 5.91 Å². The molecule has 2 unspecified atom stereocenters. The van der Waals surface area contributed by atoms with Crippen molar-refractivity contribution in [1.82, 2.24) is 14.9 Å². The molecule has 2 aromatic heterocycles. The van der Waals surface area contributed by atoms with Gasteiger partial charge in [-0.3, -0.25) is 19.9 Å². The molecule has 0 saturated carbocycles. The summed E-state index contributed by atoms with van der Waals surface area (Å²) in [5.41, 5.74) is 5.30. The number of carbonyl (C=O) groups excluding carboxylic acids is 1. The van der Waals surface area contributed by atoms with E-state index < -0.39 is 4.92 Å². The standard InChI is InChI=1S/C31H32N6O5S/c1-6-28(38)33-23-12-10-20(17-27(23)42-5)36-30(29(34-31(36)43)24-9-7-8-14-32-24)22-15-18(2)35(19(22)3)25-16-21(37(39)40)11-13-26(25)41-4/h7-17,29-30H,6H2,1-5H3,(H,33,38)(H,34,43). The van der Waals surface area contributed by atoms with E-state index in [0.717, 1.165) is 28.3 Å². The zero-order valence-electron chi connectivity index (χ0n) is 24.5. The van der Waals surface area contributed by atoms with E-state index in [1.165, 1.54) is 19.2 Å². The van der Waals surface area contributed by atoms with E-state index in [1.807, 2.05) is 53.6 Å². The molecule has 0 bridgehead atoms. The Bertz CT molecular complexity index is 1710. The number of nitro groups is 1. The van der Waals surface area contributed by atoms with Gasteiger partial charge in [-0.1, -0.05) is 13.0 Å². The van der Waals surface area contributed by atoms with Crippen LogP contribution in [0.15, 0.2) is 66.9 Å². The molecule has 5 rings (SSSR count). The molecular weight excluding hydrogens is 568 g/mol. The van der Waals surface area contributed by atoms with E-state index in [0.29, 0.717) is 34.4 Å². The highest BCUT2D eigenvalue weighted by atomic mass is 32.1. The van der Waals surface area contributed by atoms with Gasteiger partial charge in [0.15, 0.2) is 5.11 Å². The molecule has 1 fully saturated rings. The number of hydrogen-bond donors (Lipinski definition) is 2. The summed E-state index contributed by atoms with van der Waals surface area (Å²) < 4.78 is 13.2. The molecule has 1 saturated heterocycles. The molecule has 11 nitrogen and oxygen atoms in total. The second-order valence-electron chi connectivity index (χ2n) is 10.1. The smallest absolute Gasteiger partial charge is 0.271 e. The number of nitrogens with one attached hydrogen (secondary N) is 2. The zero-order chi connectivity index (χ0) is 30.8. The minimum absolute atomic E-state index is 0.0381. The van der Waals surface area contributed by atoms with Gasteiger partial charge in [-0.15, -0.1) is 0 Å². The average molecular weight is 601 g/mol. The summed E-state index contributed by atoms with van der Waals surface area (Å²) in [4.78, 5) is 30.0. The lowest BCUT2D eigenvalue weighted by molar-refractivity contribution is -0.384. The molecule has 0 spiro atoms. The van der Waals surface area contributed by atoms with Crippen LogP contribution in [0.3, 0.4) is 0 Å². The van der Waals surface area contributed by atoms with E-state index in [1.54, 1.807) is 32.4 Å². The number of aromatic nitrogens is 2. The normalized spacial score (nSPS) is 16.1. The number of nitrogens with zero attached hydrogens (tertiary/aromatic N) is 4. The maximum absolute atomic E-state index is 12.1. The van der Waals surface area contributed by atoms with Crippen LogP contribution in [-0.2, 0) is 4.79 Å². The Labute approximate surface area is 254 Å². The van der Waals surface area contributed by atoms with Crippen molar-refractivity contribution in [3.05, 3.63) is 99.6 Å². The van der Waals surface area contributed by atoms with Crippen LogP contribution < -0.4 is 25.0 Å². The van der Waals surface area contributed by atoms with Gasteiger partial charge in [-0.25, -0.2) is 0 Å². The minimum atomic E-state index is -0.420. The molecule has 222 valence electrons. The van der Waals surface area contributed by atoms with Crippen LogP contribution in [0.5, 0.6) is 11.5 Å². The average Bonchev–Trinajstić information content (AvgIpc) is 3.51. The van der Waals surface area contributed by atoms with Gasteiger partial charge >= 0.3 is 0 Å². The fourth-order valence-corrected chi connectivity index (χ4v) is 5.89. The molecule has 0 aliphatic carbocycles. The monoisotopic (exact) mass is 600 g/mol. The van der Waals surface area contributed by atoms with Gasteiger partial charge in [-0.2, -0.15) is 0 Å². The van der Waals surface area contributed by atoms with Crippen LogP contribution in [0.1, 0.15) is 48.1 Å². The molecule has 1 amide bonds. The highest BCUT2D eigenvalue weighted by Gasteiger charge is 2.42. The van der Waals surface area contributed by atoms with E-state index in [9.17, 15) is 14.9 Å². The molecular formula is C31H32N6O5S. The molecule has 1 aliphatic rings. The number of methoxy groups -OCH3 is 2. The van der Waals surface area contributed by atoms with Crippen molar-refractivity contribution in [2.75, 3.05) is 24.4 Å². The van der Waals surface area contributed by atoms with Crippen molar-refractivity contribution >= 4 is 40.3 Å². The quantitative estimate of drug-likeness (QED) is 0.136. The summed E-state index contributed by atoms with van der Waals surface area (Å²) in [6.45, 7) is 5.70. The third-order valence-electron chi connectivity index (χ3n) is 7.56. The van der Waals surface area contributed by atoms with Gasteiger partial charge in [0.05, 0.1) is 48.3 Å². The SMILES string of the molecule is CCC(=O)Nc1ccc(N2C(=S)NC(c3ccccn3)C2c2cc(C)n(-c3cc([N+](=O)[O-])ccc3OC)c2C)cc1OC. The number of ether oxygens (including phenoxy) is 2. The summed E-state index contributed by atoms with van der Waals surface area (Å²) in [6.07, 6.45) is 2.08. The number of non-ortho nitro benzene ring substituents is 1. The number of pyridine rings is 1. The number of anilines is 2. The van der Waals surface area contributed by atoms with Crippen LogP contribution in [0, 0.1) is 24.0 Å². The number of amides is 1. The fraction of sp³-hybridized carbons (Fsp3) is 0.258. The topological polar surface area (TPSA) is 124 Å². The fourth-order valence-electron chi connectivity index (χ4n) is 5.55. The van der Waals surface area contributed by atoms with Crippen LogP contribution in [0.4, 0.5) is 17.1 Å². The molecule has 43 heavy (non-hydrogen) atoms. The zero-order valence-corrected chi connectivity index (χ0v) is 25.3. The number of thiocarbonyl (C=S) groups is 1. The largest absolute Gasteiger partial charge is 0.495 e. The molecule has 3 heterocycles. The van der Waals surface area contributed by atoms with Crippen LogP contribution in [-0.4, -0.2) is 39.7 Å². The number of nitro benzene ring substituents is 1. The predicted molar refractivity (Wildman–Crippen MR) is 168 cm³/mol. The first-order valence-electron chi connectivity index (χ1n) is 13.7. The first-order valence-corrected chi connectivity index (χ1v) is 14.1. The Morgan fingerprint density at radius 2 is 1.86 bits per heavy atom. The van der Waals surface area contributed by atoms with Gasteiger partial charge in [0.1, 0.15) is 11.5 Å². The van der Waals surface area contributed by atoms with Crippen LogP contribution in [0.25, 0.3) is 5.69 Å². The molecule has 1 aliphatic heterocycles. The maximum Gasteiger partial charge on any atom is 0.271 e. The number of hydrogen-bond acceptors (Lipinski definition) is 7. The number of carbonyl (C=O) groups is 1. The summed E-state index contributed by atoms with van der Waals surface area (Å²) in [5.74, 6) is 0.877. The van der Waals surface area contributed by atoms with Crippen molar-refractivity contribution in [2.24, 2.45) is 0 Å². The van der Waals surface area contributed by atoms with Gasteiger partial charge in [0.25, 0.3) is 5.69 Å². The van der Waals surface area contributed by atoms with Gasteiger partial charge < -0.3 is 29.6 Å². The maximum atomic E-state index is 12.1. The van der Waals surface area contributed by atoms with E-state index in [-0.39, 0.29) is 23.7 Å². The Hall–Kier alpha value is -4.97. The Morgan fingerprint density at radius 3 is 2.51 bits per heavy atom. The van der Waals surface area contributed by atoms with Crippen molar-refractivity contribution < 1.29 is 19.2 Å². The van der Waals surface area contributed by atoms with E-state index >= 15 is 0 Å². The molecule has 0 radical (unpaired) electrons. The van der Waals surface area contributed by atoms with Gasteiger partial charge in [0, 0.05) is 47.9 Å². The van der Waals surface area contributed by atoms with Crippen molar-refractivity contribution in [1.29, 1.82) is 0 Å². The lowest BCUT2D eigenvalue weighted by atomic mass is 9.96. The Balaban J connectivity index is 1.68. The molecule has 2 aromatic carbocycles. The number of aryl methyl sites for hydroxylation is 1.